The van der Waals surface area contributed by atoms with Gasteiger partial charge in [-0.15, -0.1) is 10.2 Å². The summed E-state index contributed by atoms with van der Waals surface area (Å²) in [7, 11) is 3.17. The number of aromatic nitrogens is 2. The average Bonchev–Trinajstić information content (AvgIpc) is 3.40. The van der Waals surface area contributed by atoms with Gasteiger partial charge in [-0.25, -0.2) is 0 Å². The van der Waals surface area contributed by atoms with E-state index in [9.17, 15) is 9.59 Å². The number of nitrogens with one attached hydrogen (secondary N) is 1. The standard InChI is InChI=1S/C22H21ClN4O4S/c1-30-17-8-3-13(9-18(17)31-2)10-19-25-26-22(32-19)24-21(29)14-11-20(28)27(12-14)16-6-4-15(23)5-7-16/h3-9,14H,10-12H2,1-2H3,(H,24,26,29)/t14-/m0/s1. The van der Waals surface area contributed by atoms with Gasteiger partial charge in [0.15, 0.2) is 11.5 Å². The van der Waals surface area contributed by atoms with Gasteiger partial charge in [-0.2, -0.15) is 0 Å². The van der Waals surface area contributed by atoms with Crippen LogP contribution in [0.1, 0.15) is 17.0 Å². The van der Waals surface area contributed by atoms with Crippen LogP contribution in [0.25, 0.3) is 0 Å². The molecule has 1 saturated heterocycles. The zero-order valence-electron chi connectivity index (χ0n) is 17.5. The number of nitrogens with zero attached hydrogens (tertiary/aromatic N) is 3. The molecule has 0 spiro atoms. The number of rotatable bonds is 7. The van der Waals surface area contributed by atoms with Gasteiger partial charge in [0.05, 0.1) is 20.1 Å². The van der Waals surface area contributed by atoms with E-state index in [1.165, 1.54) is 11.3 Å². The molecular formula is C22H21ClN4O4S. The number of carbonyl (C=O) groups excluding carboxylic acids is 2. The van der Waals surface area contributed by atoms with Crippen molar-refractivity contribution in [3.05, 3.63) is 58.1 Å². The van der Waals surface area contributed by atoms with Crippen LogP contribution in [0.5, 0.6) is 11.5 Å². The van der Waals surface area contributed by atoms with Gasteiger partial charge in [0.25, 0.3) is 0 Å². The lowest BCUT2D eigenvalue weighted by Crippen LogP contribution is -2.28. The van der Waals surface area contributed by atoms with Crippen LogP contribution < -0.4 is 19.7 Å². The molecule has 1 fully saturated rings. The molecule has 3 aromatic rings. The van der Waals surface area contributed by atoms with Gasteiger partial charge >= 0.3 is 0 Å². The highest BCUT2D eigenvalue weighted by molar-refractivity contribution is 7.15. The van der Waals surface area contributed by atoms with Crippen LogP contribution >= 0.6 is 22.9 Å². The topological polar surface area (TPSA) is 93.7 Å². The molecule has 0 saturated carbocycles. The number of anilines is 2. The van der Waals surface area contributed by atoms with Crippen LogP contribution in [0.2, 0.25) is 5.02 Å². The van der Waals surface area contributed by atoms with E-state index >= 15 is 0 Å². The maximum atomic E-state index is 12.7. The highest BCUT2D eigenvalue weighted by Gasteiger charge is 2.35. The summed E-state index contributed by atoms with van der Waals surface area (Å²) in [4.78, 5) is 26.7. The molecule has 166 valence electrons. The Bertz CT molecular complexity index is 1140. The Morgan fingerprint density at radius 3 is 2.62 bits per heavy atom. The molecule has 0 aliphatic carbocycles. The SMILES string of the molecule is COc1ccc(Cc2nnc(NC(=O)[C@H]3CC(=O)N(c4ccc(Cl)cc4)C3)s2)cc1OC. The Hall–Kier alpha value is -3.17. The fourth-order valence-corrected chi connectivity index (χ4v) is 4.40. The monoisotopic (exact) mass is 472 g/mol. The molecule has 0 bridgehead atoms. The van der Waals surface area contributed by atoms with E-state index in [-0.39, 0.29) is 18.2 Å². The van der Waals surface area contributed by atoms with Crippen LogP contribution in [-0.2, 0) is 16.0 Å². The molecule has 32 heavy (non-hydrogen) atoms. The second-order valence-electron chi connectivity index (χ2n) is 7.24. The summed E-state index contributed by atoms with van der Waals surface area (Å²) < 4.78 is 10.6. The van der Waals surface area contributed by atoms with Crippen molar-refractivity contribution in [2.45, 2.75) is 12.8 Å². The van der Waals surface area contributed by atoms with Gasteiger partial charge in [0.2, 0.25) is 16.9 Å². The van der Waals surface area contributed by atoms with Crippen molar-refractivity contribution in [1.29, 1.82) is 0 Å². The highest BCUT2D eigenvalue weighted by atomic mass is 35.5. The Labute approximate surface area is 194 Å². The van der Waals surface area contributed by atoms with Crippen molar-refractivity contribution in [1.82, 2.24) is 10.2 Å². The number of benzene rings is 2. The first kappa shape index (κ1) is 22.0. The number of hydrogen-bond acceptors (Lipinski definition) is 7. The summed E-state index contributed by atoms with van der Waals surface area (Å²) in [6.45, 7) is 0.309. The lowest BCUT2D eigenvalue weighted by molar-refractivity contribution is -0.122. The number of amides is 2. The smallest absolute Gasteiger partial charge is 0.231 e. The number of halogens is 1. The maximum absolute atomic E-state index is 12.7. The molecule has 1 atom stereocenters. The Morgan fingerprint density at radius 2 is 1.91 bits per heavy atom. The van der Waals surface area contributed by atoms with Crippen molar-refractivity contribution in [2.75, 3.05) is 31.0 Å². The lowest BCUT2D eigenvalue weighted by Gasteiger charge is -2.16. The Kier molecular flexibility index (Phi) is 6.57. The van der Waals surface area contributed by atoms with Crippen LogP contribution in [0.4, 0.5) is 10.8 Å². The third-order valence-electron chi connectivity index (χ3n) is 5.13. The molecule has 4 rings (SSSR count). The van der Waals surface area contributed by atoms with E-state index < -0.39 is 5.92 Å². The van der Waals surface area contributed by atoms with E-state index in [0.717, 1.165) is 16.3 Å². The molecule has 0 radical (unpaired) electrons. The molecule has 2 aromatic carbocycles. The average molecular weight is 473 g/mol. The van der Waals surface area contributed by atoms with Crippen molar-refractivity contribution in [2.24, 2.45) is 5.92 Å². The number of hydrogen-bond donors (Lipinski definition) is 1. The van der Waals surface area contributed by atoms with Crippen LogP contribution in [0.3, 0.4) is 0 Å². The third kappa shape index (κ3) is 4.84. The van der Waals surface area contributed by atoms with Crippen LogP contribution in [0.15, 0.2) is 42.5 Å². The van der Waals surface area contributed by atoms with E-state index in [2.05, 4.69) is 15.5 Å². The predicted molar refractivity (Wildman–Crippen MR) is 123 cm³/mol. The zero-order valence-corrected chi connectivity index (χ0v) is 19.1. The summed E-state index contributed by atoms with van der Waals surface area (Å²) >= 11 is 7.21. The molecule has 1 aromatic heterocycles. The summed E-state index contributed by atoms with van der Waals surface area (Å²) in [6.07, 6.45) is 0.686. The van der Waals surface area contributed by atoms with Crippen LogP contribution in [0, 0.1) is 5.92 Å². The molecule has 2 heterocycles. The molecule has 1 N–H and O–H groups in total. The Morgan fingerprint density at radius 1 is 1.16 bits per heavy atom. The van der Waals surface area contributed by atoms with Crippen molar-refractivity contribution in [3.8, 4) is 11.5 Å². The minimum absolute atomic E-state index is 0.0983. The summed E-state index contributed by atoms with van der Waals surface area (Å²) in [5, 5.41) is 12.8. The summed E-state index contributed by atoms with van der Waals surface area (Å²) in [6, 6.07) is 12.6. The molecule has 1 aliphatic heterocycles. The van der Waals surface area contributed by atoms with E-state index in [1.54, 1.807) is 43.4 Å². The number of methoxy groups -OCH3 is 2. The molecule has 0 unspecified atom stereocenters. The van der Waals surface area contributed by atoms with Crippen LogP contribution in [-0.4, -0.2) is 42.8 Å². The first-order valence-electron chi connectivity index (χ1n) is 9.87. The van der Waals surface area contributed by atoms with E-state index in [1.807, 2.05) is 18.2 Å². The van der Waals surface area contributed by atoms with Crippen molar-refractivity contribution >= 4 is 45.6 Å². The normalized spacial score (nSPS) is 15.7. The van der Waals surface area contributed by atoms with Crippen molar-refractivity contribution < 1.29 is 19.1 Å². The first-order valence-corrected chi connectivity index (χ1v) is 11.1. The Balaban J connectivity index is 1.38. The molecule has 10 heteroatoms. The predicted octanol–water partition coefficient (Wildman–Crippen LogP) is 3.79. The van der Waals surface area contributed by atoms with E-state index in [4.69, 9.17) is 21.1 Å². The second-order valence-corrected chi connectivity index (χ2v) is 8.74. The van der Waals surface area contributed by atoms with Gasteiger partial charge < -0.3 is 19.7 Å². The number of carbonyl (C=O) groups is 2. The fraction of sp³-hybridized carbons (Fsp3) is 0.273. The van der Waals surface area contributed by atoms with E-state index in [0.29, 0.717) is 34.6 Å². The third-order valence-corrected chi connectivity index (χ3v) is 6.23. The van der Waals surface area contributed by atoms with Gasteiger partial charge in [0, 0.05) is 30.1 Å². The zero-order chi connectivity index (χ0) is 22.7. The lowest BCUT2D eigenvalue weighted by atomic mass is 10.1. The maximum Gasteiger partial charge on any atom is 0.231 e. The summed E-state index contributed by atoms with van der Waals surface area (Å²) in [5.41, 5.74) is 1.71. The quantitative estimate of drug-likeness (QED) is 0.562. The van der Waals surface area contributed by atoms with Gasteiger partial charge in [-0.1, -0.05) is 29.0 Å². The van der Waals surface area contributed by atoms with Gasteiger partial charge in [-0.3, -0.25) is 9.59 Å². The largest absolute Gasteiger partial charge is 0.493 e. The van der Waals surface area contributed by atoms with Gasteiger partial charge in [0.1, 0.15) is 5.01 Å². The highest BCUT2D eigenvalue weighted by Crippen LogP contribution is 2.30. The summed E-state index contributed by atoms with van der Waals surface area (Å²) in [5.74, 6) is 0.485. The minimum atomic E-state index is -0.462. The molecule has 8 nitrogen and oxygen atoms in total. The molecule has 2 amide bonds. The molecule has 1 aliphatic rings. The second kappa shape index (κ2) is 9.54. The minimum Gasteiger partial charge on any atom is -0.493 e. The first-order chi connectivity index (χ1) is 15.5. The van der Waals surface area contributed by atoms with Gasteiger partial charge in [-0.05, 0) is 42.0 Å². The van der Waals surface area contributed by atoms with Crippen molar-refractivity contribution in [3.63, 3.8) is 0 Å². The number of ether oxygens (including phenoxy) is 2. The fourth-order valence-electron chi connectivity index (χ4n) is 3.50. The molecular weight excluding hydrogens is 452 g/mol.